The molecule has 130 valence electrons. The summed E-state index contributed by atoms with van der Waals surface area (Å²) < 4.78 is 0. The van der Waals surface area contributed by atoms with E-state index in [0.29, 0.717) is 18.2 Å². The molecule has 2 aromatic rings. The maximum absolute atomic E-state index is 12.3. The van der Waals surface area contributed by atoms with Gasteiger partial charge in [-0.1, -0.05) is 44.2 Å². The van der Waals surface area contributed by atoms with Gasteiger partial charge in [-0.2, -0.15) is 5.10 Å². The summed E-state index contributed by atoms with van der Waals surface area (Å²) in [5.41, 5.74) is 2.73. The van der Waals surface area contributed by atoms with Crippen molar-refractivity contribution in [2.75, 3.05) is 20.6 Å². The van der Waals surface area contributed by atoms with E-state index in [0.717, 1.165) is 18.5 Å². The molecule has 1 aromatic heterocycles. The van der Waals surface area contributed by atoms with Crippen molar-refractivity contribution in [3.8, 4) is 0 Å². The van der Waals surface area contributed by atoms with Gasteiger partial charge in [0.1, 0.15) is 5.69 Å². The maximum atomic E-state index is 12.3. The lowest BCUT2D eigenvalue weighted by Crippen LogP contribution is -2.41. The van der Waals surface area contributed by atoms with Gasteiger partial charge >= 0.3 is 0 Å². The molecule has 1 unspecified atom stereocenters. The van der Waals surface area contributed by atoms with Crippen LogP contribution in [0.4, 0.5) is 0 Å². The molecule has 2 N–H and O–H groups in total. The molecule has 24 heavy (non-hydrogen) atoms. The minimum atomic E-state index is -0.124. The fraction of sp³-hybridized carbons (Fsp3) is 0.474. The molecule has 0 radical (unpaired) electrons. The Bertz CT molecular complexity index is 634. The number of amides is 1. The molecule has 0 aliphatic carbocycles. The Labute approximate surface area is 144 Å². The van der Waals surface area contributed by atoms with Gasteiger partial charge in [-0.25, -0.2) is 0 Å². The predicted octanol–water partition coefficient (Wildman–Crippen LogP) is 2.51. The summed E-state index contributed by atoms with van der Waals surface area (Å²) in [5.74, 6) is 0.409. The van der Waals surface area contributed by atoms with Crippen LogP contribution in [0.15, 0.2) is 36.4 Å². The van der Waals surface area contributed by atoms with Gasteiger partial charge in [0.25, 0.3) is 5.91 Å². The second-order valence-electron chi connectivity index (χ2n) is 6.89. The highest BCUT2D eigenvalue weighted by atomic mass is 16.1. The van der Waals surface area contributed by atoms with Crippen LogP contribution in [0.2, 0.25) is 0 Å². The van der Waals surface area contributed by atoms with Gasteiger partial charge in [0.05, 0.1) is 0 Å². The van der Waals surface area contributed by atoms with E-state index in [2.05, 4.69) is 46.4 Å². The van der Waals surface area contributed by atoms with Crippen LogP contribution in [-0.2, 0) is 12.8 Å². The Morgan fingerprint density at radius 1 is 1.21 bits per heavy atom. The first-order valence-electron chi connectivity index (χ1n) is 8.48. The average Bonchev–Trinajstić information content (AvgIpc) is 2.99. The molecule has 0 bridgehead atoms. The summed E-state index contributed by atoms with van der Waals surface area (Å²) in [6, 6.07) is 12.4. The highest BCUT2D eigenvalue weighted by Crippen LogP contribution is 2.08. The number of likely N-dealkylation sites (N-methyl/N-ethyl adjacent to an activating group) is 1. The van der Waals surface area contributed by atoms with Crippen molar-refractivity contribution in [1.82, 2.24) is 20.4 Å². The number of aromatic amines is 1. The van der Waals surface area contributed by atoms with Gasteiger partial charge in [0.2, 0.25) is 0 Å². The summed E-state index contributed by atoms with van der Waals surface area (Å²) in [7, 11) is 4.07. The number of H-pyrrole nitrogens is 1. The van der Waals surface area contributed by atoms with Crippen LogP contribution in [0.3, 0.4) is 0 Å². The fourth-order valence-electron chi connectivity index (χ4n) is 2.65. The fourth-order valence-corrected chi connectivity index (χ4v) is 2.65. The van der Waals surface area contributed by atoms with Crippen molar-refractivity contribution in [2.45, 2.75) is 32.7 Å². The molecule has 0 aliphatic rings. The van der Waals surface area contributed by atoms with E-state index in [4.69, 9.17) is 0 Å². The number of rotatable bonds is 8. The average molecular weight is 328 g/mol. The number of nitrogens with one attached hydrogen (secondary N) is 2. The first-order valence-corrected chi connectivity index (χ1v) is 8.48. The molecule has 0 saturated heterocycles. The number of hydrogen-bond donors (Lipinski definition) is 2. The standard InChI is InChI=1S/C19H28N4O/c1-14(2)10-16-12-18(22-21-16)19(24)20-13-17(23(3)4)11-15-8-6-5-7-9-15/h5-9,12,14,17H,10-11,13H2,1-4H3,(H,20,24)(H,21,22). The smallest absolute Gasteiger partial charge is 0.271 e. The molecule has 1 atom stereocenters. The third-order valence-electron chi connectivity index (χ3n) is 4.03. The van der Waals surface area contributed by atoms with E-state index < -0.39 is 0 Å². The van der Waals surface area contributed by atoms with Gasteiger partial charge in [0, 0.05) is 18.3 Å². The van der Waals surface area contributed by atoms with E-state index in [1.807, 2.05) is 38.4 Å². The van der Waals surface area contributed by atoms with E-state index >= 15 is 0 Å². The number of carbonyl (C=O) groups excluding carboxylic acids is 1. The number of nitrogens with zero attached hydrogens (tertiary/aromatic N) is 2. The molecule has 0 spiro atoms. The van der Waals surface area contributed by atoms with Gasteiger partial charge in [-0.05, 0) is 44.5 Å². The molecule has 1 amide bonds. The van der Waals surface area contributed by atoms with Crippen LogP contribution >= 0.6 is 0 Å². The first-order chi connectivity index (χ1) is 11.5. The van der Waals surface area contributed by atoms with Gasteiger partial charge in [-0.3, -0.25) is 9.89 Å². The largest absolute Gasteiger partial charge is 0.349 e. The highest BCUT2D eigenvalue weighted by molar-refractivity contribution is 5.92. The second kappa shape index (κ2) is 8.64. The van der Waals surface area contributed by atoms with Crippen molar-refractivity contribution in [1.29, 1.82) is 0 Å². The molecule has 1 heterocycles. The van der Waals surface area contributed by atoms with Gasteiger partial charge < -0.3 is 10.2 Å². The summed E-state index contributed by atoms with van der Waals surface area (Å²) in [4.78, 5) is 14.5. The predicted molar refractivity (Wildman–Crippen MR) is 97.1 cm³/mol. The molecule has 5 nitrogen and oxygen atoms in total. The Hall–Kier alpha value is -2.14. The summed E-state index contributed by atoms with van der Waals surface area (Å²) in [6.45, 7) is 4.88. The lowest BCUT2D eigenvalue weighted by Gasteiger charge is -2.24. The zero-order valence-corrected chi connectivity index (χ0v) is 15.0. The van der Waals surface area contributed by atoms with E-state index in [-0.39, 0.29) is 11.9 Å². The monoisotopic (exact) mass is 328 g/mol. The molecular weight excluding hydrogens is 300 g/mol. The van der Waals surface area contributed by atoms with Gasteiger partial charge in [0.15, 0.2) is 0 Å². The quantitative estimate of drug-likeness (QED) is 0.783. The highest BCUT2D eigenvalue weighted by Gasteiger charge is 2.16. The Balaban J connectivity index is 1.91. The molecule has 0 aliphatic heterocycles. The number of carbonyl (C=O) groups is 1. The van der Waals surface area contributed by atoms with Crippen LogP contribution in [-0.4, -0.2) is 47.7 Å². The van der Waals surface area contributed by atoms with Crippen LogP contribution in [0.1, 0.15) is 35.6 Å². The summed E-state index contributed by atoms with van der Waals surface area (Å²) in [6.07, 6.45) is 1.79. The van der Waals surface area contributed by atoms with Crippen molar-refractivity contribution in [3.05, 3.63) is 53.3 Å². The van der Waals surface area contributed by atoms with Crippen molar-refractivity contribution >= 4 is 5.91 Å². The molecule has 0 fully saturated rings. The summed E-state index contributed by atoms with van der Waals surface area (Å²) >= 11 is 0. The SMILES string of the molecule is CC(C)Cc1cc(C(=O)NCC(Cc2ccccc2)N(C)C)n[nH]1. The number of benzene rings is 1. The Morgan fingerprint density at radius 2 is 1.92 bits per heavy atom. The third-order valence-corrected chi connectivity index (χ3v) is 4.03. The first kappa shape index (κ1) is 18.2. The second-order valence-corrected chi connectivity index (χ2v) is 6.89. The molecule has 0 saturated carbocycles. The molecular formula is C19H28N4O. The van der Waals surface area contributed by atoms with E-state index in [1.165, 1.54) is 5.56 Å². The Kier molecular flexibility index (Phi) is 6.55. The minimum Gasteiger partial charge on any atom is -0.349 e. The Morgan fingerprint density at radius 3 is 2.54 bits per heavy atom. The summed E-state index contributed by atoms with van der Waals surface area (Å²) in [5, 5.41) is 10.1. The van der Waals surface area contributed by atoms with Crippen LogP contribution in [0.25, 0.3) is 0 Å². The van der Waals surface area contributed by atoms with Crippen molar-refractivity contribution < 1.29 is 4.79 Å². The molecule has 2 rings (SSSR count). The topological polar surface area (TPSA) is 61.0 Å². The lowest BCUT2D eigenvalue weighted by atomic mass is 10.1. The zero-order chi connectivity index (χ0) is 17.5. The van der Waals surface area contributed by atoms with Crippen LogP contribution in [0.5, 0.6) is 0 Å². The van der Waals surface area contributed by atoms with Crippen LogP contribution < -0.4 is 5.32 Å². The zero-order valence-electron chi connectivity index (χ0n) is 15.0. The van der Waals surface area contributed by atoms with E-state index in [1.54, 1.807) is 0 Å². The van der Waals surface area contributed by atoms with Crippen molar-refractivity contribution in [2.24, 2.45) is 5.92 Å². The normalized spacial score (nSPS) is 12.6. The number of aromatic nitrogens is 2. The third kappa shape index (κ3) is 5.49. The number of hydrogen-bond acceptors (Lipinski definition) is 3. The minimum absolute atomic E-state index is 0.124. The van der Waals surface area contributed by atoms with E-state index in [9.17, 15) is 4.79 Å². The maximum Gasteiger partial charge on any atom is 0.271 e. The van der Waals surface area contributed by atoms with Crippen LogP contribution in [0, 0.1) is 5.92 Å². The molecule has 5 heteroatoms. The van der Waals surface area contributed by atoms with Gasteiger partial charge in [-0.15, -0.1) is 0 Å². The molecule has 1 aromatic carbocycles. The van der Waals surface area contributed by atoms with Crippen molar-refractivity contribution in [3.63, 3.8) is 0 Å². The lowest BCUT2D eigenvalue weighted by molar-refractivity contribution is 0.0936.